The van der Waals surface area contributed by atoms with Crippen molar-refractivity contribution in [2.75, 3.05) is 6.61 Å². The summed E-state index contributed by atoms with van der Waals surface area (Å²) in [5, 5.41) is 4.34. The van der Waals surface area contributed by atoms with Crippen LogP contribution in [0.2, 0.25) is 0 Å². The molecule has 60 valence electrons. The van der Waals surface area contributed by atoms with Crippen LogP contribution in [0.1, 0.15) is 11.3 Å². The summed E-state index contributed by atoms with van der Waals surface area (Å²) >= 11 is 3.46. The molecule has 0 unspecified atom stereocenters. The molecule has 1 aliphatic heterocycles. The van der Waals surface area contributed by atoms with Crippen LogP contribution in [0.25, 0.3) is 0 Å². The van der Waals surface area contributed by atoms with Crippen molar-refractivity contribution in [1.29, 1.82) is 0 Å². The Kier molecular flexibility index (Phi) is 1.73. The summed E-state index contributed by atoms with van der Waals surface area (Å²) < 4.78 is 8.20. The average molecular weight is 217 g/mol. The van der Waals surface area contributed by atoms with Gasteiger partial charge in [0.2, 0.25) is 0 Å². The van der Waals surface area contributed by atoms with Crippen molar-refractivity contribution < 1.29 is 4.74 Å². The summed E-state index contributed by atoms with van der Waals surface area (Å²) in [6.45, 7) is 1.50. The van der Waals surface area contributed by atoms with E-state index in [1.54, 1.807) is 0 Å². The molecular formula is C7H9BrN2O. The van der Waals surface area contributed by atoms with E-state index in [2.05, 4.69) is 21.0 Å². The lowest BCUT2D eigenvalue weighted by Gasteiger charge is -2.09. The minimum absolute atomic E-state index is 0.698. The minimum Gasteiger partial charge on any atom is -0.376 e. The highest BCUT2D eigenvalue weighted by atomic mass is 79.9. The number of hydrogen-bond donors (Lipinski definition) is 0. The Hall–Kier alpha value is -0.350. The Bertz CT molecular complexity index is 282. The van der Waals surface area contributed by atoms with Gasteiger partial charge in [-0.3, -0.25) is 4.68 Å². The number of aromatic nitrogens is 2. The van der Waals surface area contributed by atoms with Crippen LogP contribution < -0.4 is 0 Å². The molecule has 0 N–H and O–H groups in total. The first-order valence-electron chi connectivity index (χ1n) is 3.57. The highest BCUT2D eigenvalue weighted by Crippen LogP contribution is 2.23. The van der Waals surface area contributed by atoms with Gasteiger partial charge in [-0.05, 0) is 15.9 Å². The van der Waals surface area contributed by atoms with Gasteiger partial charge < -0.3 is 4.74 Å². The van der Waals surface area contributed by atoms with Gasteiger partial charge in [0.15, 0.2) is 0 Å². The van der Waals surface area contributed by atoms with Crippen molar-refractivity contribution in [3.05, 3.63) is 15.9 Å². The Morgan fingerprint density at radius 2 is 2.45 bits per heavy atom. The lowest BCUT2D eigenvalue weighted by atomic mass is 10.2. The van der Waals surface area contributed by atoms with E-state index in [4.69, 9.17) is 4.74 Å². The maximum absolute atomic E-state index is 5.31. The van der Waals surface area contributed by atoms with E-state index >= 15 is 0 Å². The Morgan fingerprint density at radius 1 is 1.64 bits per heavy atom. The second kappa shape index (κ2) is 2.60. The van der Waals surface area contributed by atoms with Crippen LogP contribution in [0.15, 0.2) is 4.60 Å². The lowest BCUT2D eigenvalue weighted by Crippen LogP contribution is -2.08. The summed E-state index contributed by atoms with van der Waals surface area (Å²) in [6, 6.07) is 0. The first-order valence-corrected chi connectivity index (χ1v) is 4.36. The zero-order valence-corrected chi connectivity index (χ0v) is 7.89. The standard InChI is InChI=1S/C7H9BrN2O/c1-10-7(8)5-4-11-3-2-6(5)9-10/h2-4H2,1H3. The number of aryl methyl sites for hydroxylation is 1. The van der Waals surface area contributed by atoms with E-state index < -0.39 is 0 Å². The Morgan fingerprint density at radius 3 is 3.18 bits per heavy atom. The van der Waals surface area contributed by atoms with Gasteiger partial charge in [-0.2, -0.15) is 5.10 Å². The van der Waals surface area contributed by atoms with Gasteiger partial charge >= 0.3 is 0 Å². The highest BCUT2D eigenvalue weighted by molar-refractivity contribution is 9.10. The second-order valence-corrected chi connectivity index (χ2v) is 3.39. The molecule has 0 aromatic carbocycles. The molecule has 4 heteroatoms. The van der Waals surface area contributed by atoms with Gasteiger partial charge in [-0.1, -0.05) is 0 Å². The van der Waals surface area contributed by atoms with E-state index in [9.17, 15) is 0 Å². The first kappa shape index (κ1) is 7.31. The summed E-state index contributed by atoms with van der Waals surface area (Å²) in [5.74, 6) is 0. The monoisotopic (exact) mass is 216 g/mol. The molecule has 0 saturated heterocycles. The van der Waals surface area contributed by atoms with Crippen molar-refractivity contribution in [3.63, 3.8) is 0 Å². The number of hydrogen-bond acceptors (Lipinski definition) is 2. The molecule has 2 heterocycles. The van der Waals surface area contributed by atoms with Crippen molar-refractivity contribution in [3.8, 4) is 0 Å². The number of halogens is 1. The van der Waals surface area contributed by atoms with Crippen molar-refractivity contribution in [1.82, 2.24) is 9.78 Å². The van der Waals surface area contributed by atoms with Crippen LogP contribution in [0.3, 0.4) is 0 Å². The summed E-state index contributed by atoms with van der Waals surface area (Å²) in [6.07, 6.45) is 0.939. The zero-order valence-electron chi connectivity index (χ0n) is 6.30. The molecule has 0 atom stereocenters. The van der Waals surface area contributed by atoms with E-state index in [0.29, 0.717) is 6.61 Å². The Labute approximate surface area is 73.5 Å². The molecule has 11 heavy (non-hydrogen) atoms. The zero-order chi connectivity index (χ0) is 7.84. The smallest absolute Gasteiger partial charge is 0.109 e. The predicted octanol–water partition coefficient (Wildman–Crippen LogP) is 1.26. The van der Waals surface area contributed by atoms with Gasteiger partial charge in [0.1, 0.15) is 4.60 Å². The van der Waals surface area contributed by atoms with Crippen molar-refractivity contribution in [2.24, 2.45) is 7.05 Å². The number of rotatable bonds is 0. The SMILES string of the molecule is Cn1nc2c(c1Br)COCC2. The third kappa shape index (κ3) is 1.10. The van der Waals surface area contributed by atoms with Gasteiger partial charge in [0.05, 0.1) is 18.9 Å². The van der Waals surface area contributed by atoms with E-state index in [1.807, 2.05) is 11.7 Å². The van der Waals surface area contributed by atoms with Crippen LogP contribution in [-0.2, 0) is 24.8 Å². The van der Waals surface area contributed by atoms with Crippen LogP contribution in [0.5, 0.6) is 0 Å². The van der Waals surface area contributed by atoms with Gasteiger partial charge in [-0.15, -0.1) is 0 Å². The topological polar surface area (TPSA) is 27.1 Å². The fourth-order valence-corrected chi connectivity index (χ4v) is 1.71. The van der Waals surface area contributed by atoms with Gasteiger partial charge in [-0.25, -0.2) is 0 Å². The molecular weight excluding hydrogens is 208 g/mol. The normalized spacial score (nSPS) is 16.5. The van der Waals surface area contributed by atoms with Gasteiger partial charge in [0, 0.05) is 19.0 Å². The summed E-state index contributed by atoms with van der Waals surface area (Å²) in [7, 11) is 1.93. The lowest BCUT2D eigenvalue weighted by molar-refractivity contribution is 0.110. The molecule has 3 nitrogen and oxygen atoms in total. The Balaban J connectivity index is 2.50. The number of ether oxygens (including phenoxy) is 1. The molecule has 2 rings (SSSR count). The largest absolute Gasteiger partial charge is 0.376 e. The molecule has 0 spiro atoms. The van der Waals surface area contributed by atoms with Crippen LogP contribution in [0.4, 0.5) is 0 Å². The summed E-state index contributed by atoms with van der Waals surface area (Å²) in [5.41, 5.74) is 2.38. The fourth-order valence-electron chi connectivity index (χ4n) is 1.29. The van der Waals surface area contributed by atoms with Crippen LogP contribution in [-0.4, -0.2) is 16.4 Å². The molecule has 0 amide bonds. The third-order valence-electron chi connectivity index (χ3n) is 1.88. The highest BCUT2D eigenvalue weighted by Gasteiger charge is 2.17. The molecule has 1 aromatic heterocycles. The second-order valence-electron chi connectivity index (χ2n) is 2.64. The van der Waals surface area contributed by atoms with Crippen molar-refractivity contribution in [2.45, 2.75) is 13.0 Å². The molecule has 0 saturated carbocycles. The molecule has 0 radical (unpaired) electrons. The maximum Gasteiger partial charge on any atom is 0.109 e. The number of fused-ring (bicyclic) bond motifs is 1. The average Bonchev–Trinajstić information content (AvgIpc) is 2.30. The first-order chi connectivity index (χ1) is 5.29. The number of nitrogens with zero attached hydrogens (tertiary/aromatic N) is 2. The molecule has 1 aromatic rings. The van der Waals surface area contributed by atoms with E-state index in [1.165, 1.54) is 11.3 Å². The third-order valence-corrected chi connectivity index (χ3v) is 2.87. The molecule has 0 fully saturated rings. The fraction of sp³-hybridized carbons (Fsp3) is 0.571. The van der Waals surface area contributed by atoms with Crippen LogP contribution >= 0.6 is 15.9 Å². The van der Waals surface area contributed by atoms with Crippen molar-refractivity contribution >= 4 is 15.9 Å². The molecule has 1 aliphatic rings. The van der Waals surface area contributed by atoms with E-state index in [0.717, 1.165) is 17.6 Å². The molecule has 0 bridgehead atoms. The maximum atomic E-state index is 5.31. The van der Waals surface area contributed by atoms with Crippen LogP contribution in [0, 0.1) is 0 Å². The predicted molar refractivity (Wildman–Crippen MR) is 44.3 cm³/mol. The van der Waals surface area contributed by atoms with Gasteiger partial charge in [0.25, 0.3) is 0 Å². The molecule has 0 aliphatic carbocycles. The minimum atomic E-state index is 0.698. The summed E-state index contributed by atoms with van der Waals surface area (Å²) in [4.78, 5) is 0. The van der Waals surface area contributed by atoms with E-state index in [-0.39, 0.29) is 0 Å². The quantitative estimate of drug-likeness (QED) is 0.654.